The molecule has 0 aromatic carbocycles. The van der Waals surface area contributed by atoms with Gasteiger partial charge in [0.15, 0.2) is 5.82 Å². The van der Waals surface area contributed by atoms with Gasteiger partial charge in [-0.2, -0.15) is 4.31 Å². The zero-order valence-electron chi connectivity index (χ0n) is 13.2. The van der Waals surface area contributed by atoms with Gasteiger partial charge in [0.1, 0.15) is 0 Å². The van der Waals surface area contributed by atoms with Gasteiger partial charge < -0.3 is 0 Å². The lowest BCUT2D eigenvalue weighted by Crippen LogP contribution is -2.35. The predicted molar refractivity (Wildman–Crippen MR) is 81.9 cm³/mol. The Morgan fingerprint density at radius 3 is 2.10 bits per heavy atom. The van der Waals surface area contributed by atoms with E-state index in [2.05, 4.69) is 4.98 Å². The Morgan fingerprint density at radius 1 is 1.14 bits per heavy atom. The number of halogens is 1. The van der Waals surface area contributed by atoms with Crippen LogP contribution in [0.4, 0.5) is 4.39 Å². The van der Waals surface area contributed by atoms with E-state index in [1.54, 1.807) is 0 Å². The van der Waals surface area contributed by atoms with Gasteiger partial charge in [0.25, 0.3) is 10.0 Å². The molecule has 0 fully saturated rings. The van der Waals surface area contributed by atoms with Gasteiger partial charge in [-0.05, 0) is 36.8 Å². The molecule has 0 saturated heterocycles. The van der Waals surface area contributed by atoms with Crippen molar-refractivity contribution in [2.75, 3.05) is 13.1 Å². The lowest BCUT2D eigenvalue weighted by Gasteiger charge is -2.23. The molecular weight excluding hydrogens is 291 g/mol. The molecule has 0 bridgehead atoms. The average molecular weight is 316 g/mol. The molecule has 0 aliphatic rings. The van der Waals surface area contributed by atoms with E-state index >= 15 is 0 Å². The Hall–Kier alpha value is -1.01. The van der Waals surface area contributed by atoms with Crippen LogP contribution in [0.25, 0.3) is 0 Å². The first-order valence-electron chi connectivity index (χ1n) is 7.35. The van der Waals surface area contributed by atoms with Crippen molar-refractivity contribution < 1.29 is 12.8 Å². The summed E-state index contributed by atoms with van der Waals surface area (Å²) >= 11 is 0. The van der Waals surface area contributed by atoms with Crippen LogP contribution in [-0.2, 0) is 10.0 Å². The minimum atomic E-state index is -3.88. The van der Waals surface area contributed by atoms with E-state index in [-0.39, 0.29) is 0 Å². The molecule has 0 aliphatic carbocycles. The van der Waals surface area contributed by atoms with Crippen LogP contribution in [0.2, 0.25) is 0 Å². The topological polar surface area (TPSA) is 50.3 Å². The average Bonchev–Trinajstić information content (AvgIpc) is 2.37. The lowest BCUT2D eigenvalue weighted by atomic mass is 10.1. The van der Waals surface area contributed by atoms with Crippen molar-refractivity contribution in [2.45, 2.75) is 45.6 Å². The molecular formula is C15H25FN2O2S. The predicted octanol–water partition coefficient (Wildman–Crippen LogP) is 3.30. The van der Waals surface area contributed by atoms with Crippen LogP contribution in [0.1, 0.15) is 40.5 Å². The molecule has 120 valence electrons. The number of sulfonamides is 1. The van der Waals surface area contributed by atoms with E-state index in [0.717, 1.165) is 18.9 Å². The highest BCUT2D eigenvalue weighted by Crippen LogP contribution is 2.19. The maximum atomic E-state index is 13.8. The Labute approximate surface area is 127 Å². The summed E-state index contributed by atoms with van der Waals surface area (Å²) in [7, 11) is -3.88. The second kappa shape index (κ2) is 7.84. The van der Waals surface area contributed by atoms with Crippen LogP contribution in [-0.4, -0.2) is 30.8 Å². The van der Waals surface area contributed by atoms with Gasteiger partial charge in [0, 0.05) is 19.3 Å². The Bertz CT molecular complexity index is 532. The largest absolute Gasteiger partial charge is 0.263 e. The molecule has 1 aromatic heterocycles. The Kier molecular flexibility index (Phi) is 6.74. The van der Waals surface area contributed by atoms with E-state index in [9.17, 15) is 12.8 Å². The van der Waals surface area contributed by atoms with E-state index in [1.807, 2.05) is 27.7 Å². The molecule has 21 heavy (non-hydrogen) atoms. The summed E-state index contributed by atoms with van der Waals surface area (Å²) < 4.78 is 40.3. The van der Waals surface area contributed by atoms with Crippen molar-refractivity contribution >= 4 is 10.0 Å². The van der Waals surface area contributed by atoms with Gasteiger partial charge in [-0.3, -0.25) is 0 Å². The molecule has 0 spiro atoms. The minimum absolute atomic E-state index is 0.385. The first-order chi connectivity index (χ1) is 9.75. The van der Waals surface area contributed by atoms with Crippen LogP contribution in [0.15, 0.2) is 23.4 Å². The zero-order valence-corrected chi connectivity index (χ0v) is 14.0. The van der Waals surface area contributed by atoms with Crippen LogP contribution >= 0.6 is 0 Å². The van der Waals surface area contributed by atoms with Crippen molar-refractivity contribution in [1.29, 1.82) is 0 Å². The van der Waals surface area contributed by atoms with Crippen molar-refractivity contribution in [3.8, 4) is 0 Å². The summed E-state index contributed by atoms with van der Waals surface area (Å²) in [6.07, 6.45) is 2.79. The molecule has 0 aliphatic heterocycles. The van der Waals surface area contributed by atoms with Gasteiger partial charge in [-0.1, -0.05) is 27.7 Å². The third kappa shape index (κ3) is 5.36. The molecule has 6 heteroatoms. The quantitative estimate of drug-likeness (QED) is 0.739. The number of hydrogen-bond acceptors (Lipinski definition) is 3. The van der Waals surface area contributed by atoms with Crippen LogP contribution in [0.5, 0.6) is 0 Å². The smallest absolute Gasteiger partial charge is 0.241 e. The molecule has 0 saturated carbocycles. The molecule has 1 heterocycles. The normalized spacial score (nSPS) is 12.6. The van der Waals surface area contributed by atoms with E-state index in [1.165, 1.54) is 16.6 Å². The van der Waals surface area contributed by atoms with Crippen molar-refractivity contribution in [2.24, 2.45) is 11.8 Å². The summed E-state index contributed by atoms with van der Waals surface area (Å²) in [6, 6.07) is 2.52. The van der Waals surface area contributed by atoms with Gasteiger partial charge in [-0.25, -0.2) is 17.8 Å². The zero-order chi connectivity index (χ0) is 16.0. The van der Waals surface area contributed by atoms with Gasteiger partial charge >= 0.3 is 0 Å². The molecule has 0 radical (unpaired) electrons. The highest BCUT2D eigenvalue weighted by molar-refractivity contribution is 7.89. The SMILES string of the molecule is CC(C)CCN(CCC(C)C)S(=O)(=O)c1ncccc1F. The standard InChI is InChI=1S/C15H25FN2O2S/c1-12(2)7-10-18(11-8-13(3)4)21(19,20)15-14(16)6-5-9-17-15/h5-6,9,12-13H,7-8,10-11H2,1-4H3. The van der Waals surface area contributed by atoms with E-state index in [4.69, 9.17) is 0 Å². The van der Waals surface area contributed by atoms with Crippen molar-refractivity contribution in [1.82, 2.24) is 9.29 Å². The summed E-state index contributed by atoms with van der Waals surface area (Å²) in [5.74, 6) is -0.0257. The summed E-state index contributed by atoms with van der Waals surface area (Å²) in [5, 5.41) is -0.475. The summed E-state index contributed by atoms with van der Waals surface area (Å²) in [5.41, 5.74) is 0. The van der Waals surface area contributed by atoms with Crippen molar-refractivity contribution in [3.63, 3.8) is 0 Å². The molecule has 1 rings (SSSR count). The van der Waals surface area contributed by atoms with Gasteiger partial charge in [-0.15, -0.1) is 0 Å². The van der Waals surface area contributed by atoms with E-state index in [0.29, 0.717) is 24.9 Å². The number of hydrogen-bond donors (Lipinski definition) is 0. The fourth-order valence-electron chi connectivity index (χ4n) is 1.84. The number of nitrogens with zero attached hydrogens (tertiary/aromatic N) is 2. The van der Waals surface area contributed by atoms with Crippen LogP contribution < -0.4 is 0 Å². The monoisotopic (exact) mass is 316 g/mol. The fourth-order valence-corrected chi connectivity index (χ4v) is 3.28. The third-order valence-corrected chi connectivity index (χ3v) is 5.05. The molecule has 0 N–H and O–H groups in total. The van der Waals surface area contributed by atoms with E-state index < -0.39 is 20.9 Å². The second-order valence-corrected chi connectivity index (χ2v) is 7.91. The highest BCUT2D eigenvalue weighted by atomic mass is 32.2. The summed E-state index contributed by atoms with van der Waals surface area (Å²) in [6.45, 7) is 8.93. The molecule has 0 amide bonds. The Balaban J connectivity index is 3.01. The Morgan fingerprint density at radius 2 is 1.67 bits per heavy atom. The van der Waals surface area contributed by atoms with Gasteiger partial charge in [0.05, 0.1) is 0 Å². The van der Waals surface area contributed by atoms with Gasteiger partial charge in [0.2, 0.25) is 5.03 Å². The number of aromatic nitrogens is 1. The lowest BCUT2D eigenvalue weighted by molar-refractivity contribution is 0.354. The fraction of sp³-hybridized carbons (Fsp3) is 0.667. The molecule has 0 unspecified atom stereocenters. The molecule has 4 nitrogen and oxygen atoms in total. The highest BCUT2D eigenvalue weighted by Gasteiger charge is 2.28. The van der Waals surface area contributed by atoms with Crippen LogP contribution in [0, 0.1) is 17.7 Å². The first kappa shape index (κ1) is 18.0. The second-order valence-electron chi connectivity index (χ2n) is 6.06. The number of pyridine rings is 1. The maximum Gasteiger partial charge on any atom is 0.263 e. The minimum Gasteiger partial charge on any atom is -0.241 e. The maximum absolute atomic E-state index is 13.8. The number of rotatable bonds is 8. The molecule has 1 aromatic rings. The van der Waals surface area contributed by atoms with Crippen molar-refractivity contribution in [3.05, 3.63) is 24.1 Å². The first-order valence-corrected chi connectivity index (χ1v) is 8.79. The molecule has 0 atom stereocenters. The van der Waals surface area contributed by atoms with Crippen LogP contribution in [0.3, 0.4) is 0 Å². The summed E-state index contributed by atoms with van der Waals surface area (Å²) in [4.78, 5) is 3.72. The third-order valence-electron chi connectivity index (χ3n) is 3.22.